The molecule has 2 heterocycles. The van der Waals surface area contributed by atoms with Crippen LogP contribution in [-0.2, 0) is 11.2 Å². The smallest absolute Gasteiger partial charge is 0.279 e. The summed E-state index contributed by atoms with van der Waals surface area (Å²) in [6, 6.07) is 7.81. The molecule has 0 atom stereocenters. The van der Waals surface area contributed by atoms with E-state index in [9.17, 15) is 0 Å². The van der Waals surface area contributed by atoms with Gasteiger partial charge in [-0.25, -0.2) is 0 Å². The number of rotatable bonds is 4. The molecule has 0 saturated heterocycles. The van der Waals surface area contributed by atoms with Crippen LogP contribution in [0.15, 0.2) is 28.8 Å². The number of hydrogen-bond donors (Lipinski definition) is 1. The first-order valence-electron chi connectivity index (χ1n) is 5.63. The molecule has 1 aromatic carbocycles. The van der Waals surface area contributed by atoms with Crippen LogP contribution in [0.2, 0.25) is 0 Å². The summed E-state index contributed by atoms with van der Waals surface area (Å²) in [7, 11) is 1.64. The zero-order valence-electron chi connectivity index (χ0n) is 9.88. The molecule has 1 N–H and O–H groups in total. The number of nitrogens with zero attached hydrogens (tertiary/aromatic N) is 3. The maximum absolute atomic E-state index is 5.22. The van der Waals surface area contributed by atoms with Crippen molar-refractivity contribution >= 4 is 10.9 Å². The first-order chi connectivity index (χ1) is 8.88. The van der Waals surface area contributed by atoms with E-state index in [0.29, 0.717) is 30.4 Å². The van der Waals surface area contributed by atoms with Gasteiger partial charge in [0.1, 0.15) is 0 Å². The number of aromatic amines is 1. The molecular formula is C12H12N4O2. The predicted molar refractivity (Wildman–Crippen MR) is 65.0 cm³/mol. The van der Waals surface area contributed by atoms with Crippen LogP contribution in [0.5, 0.6) is 0 Å². The third kappa shape index (κ3) is 1.86. The number of ether oxygens (including phenoxy) is 1. The highest BCUT2D eigenvalue weighted by Crippen LogP contribution is 2.24. The molecule has 0 amide bonds. The van der Waals surface area contributed by atoms with Gasteiger partial charge in [0, 0.05) is 18.9 Å². The van der Waals surface area contributed by atoms with Gasteiger partial charge in [-0.1, -0.05) is 23.4 Å². The molecule has 0 fully saturated rings. The Balaban J connectivity index is 1.96. The molecule has 3 rings (SSSR count). The zero-order valence-corrected chi connectivity index (χ0v) is 9.88. The largest absolute Gasteiger partial charge is 0.384 e. The quantitative estimate of drug-likeness (QED) is 0.757. The Morgan fingerprint density at radius 2 is 2.22 bits per heavy atom. The fourth-order valence-electron chi connectivity index (χ4n) is 1.77. The van der Waals surface area contributed by atoms with E-state index in [4.69, 9.17) is 9.26 Å². The van der Waals surface area contributed by atoms with E-state index in [1.165, 1.54) is 0 Å². The second-order valence-electron chi connectivity index (χ2n) is 3.88. The van der Waals surface area contributed by atoms with Crippen LogP contribution in [0.25, 0.3) is 22.5 Å². The lowest BCUT2D eigenvalue weighted by Gasteiger charge is -1.90. The van der Waals surface area contributed by atoms with Crippen molar-refractivity contribution in [1.82, 2.24) is 20.3 Å². The lowest BCUT2D eigenvalue weighted by molar-refractivity contribution is 0.199. The van der Waals surface area contributed by atoms with Crippen LogP contribution in [0.1, 0.15) is 5.82 Å². The summed E-state index contributed by atoms with van der Waals surface area (Å²) in [5.74, 6) is 1.05. The lowest BCUT2D eigenvalue weighted by Crippen LogP contribution is -1.96. The molecule has 0 radical (unpaired) electrons. The molecule has 6 nitrogen and oxygen atoms in total. The highest BCUT2D eigenvalue weighted by atomic mass is 16.5. The van der Waals surface area contributed by atoms with Crippen molar-refractivity contribution in [3.05, 3.63) is 30.1 Å². The van der Waals surface area contributed by atoms with E-state index in [2.05, 4.69) is 20.3 Å². The highest BCUT2D eigenvalue weighted by molar-refractivity contribution is 5.90. The molecule has 0 unspecified atom stereocenters. The van der Waals surface area contributed by atoms with E-state index >= 15 is 0 Å². The monoisotopic (exact) mass is 244 g/mol. The average Bonchev–Trinajstić information content (AvgIpc) is 3.02. The number of hydrogen-bond acceptors (Lipinski definition) is 5. The van der Waals surface area contributed by atoms with Gasteiger partial charge in [-0.05, 0) is 6.07 Å². The Morgan fingerprint density at radius 1 is 1.33 bits per heavy atom. The Hall–Kier alpha value is -2.21. The minimum absolute atomic E-state index is 0.429. The number of benzene rings is 1. The third-order valence-corrected chi connectivity index (χ3v) is 2.67. The maximum Gasteiger partial charge on any atom is 0.279 e. The van der Waals surface area contributed by atoms with Crippen molar-refractivity contribution in [2.75, 3.05) is 13.7 Å². The maximum atomic E-state index is 5.22. The van der Waals surface area contributed by atoms with Crippen LogP contribution in [-0.4, -0.2) is 34.1 Å². The van der Waals surface area contributed by atoms with E-state index in [-0.39, 0.29) is 0 Å². The van der Waals surface area contributed by atoms with Crippen LogP contribution >= 0.6 is 0 Å². The average molecular weight is 244 g/mol. The van der Waals surface area contributed by atoms with E-state index in [1.54, 1.807) is 7.11 Å². The number of para-hydroxylation sites is 1. The van der Waals surface area contributed by atoms with E-state index < -0.39 is 0 Å². The molecule has 0 aliphatic heterocycles. The summed E-state index contributed by atoms with van der Waals surface area (Å²) in [6.45, 7) is 0.570. The van der Waals surface area contributed by atoms with Crippen LogP contribution in [0.3, 0.4) is 0 Å². The lowest BCUT2D eigenvalue weighted by atomic mass is 10.2. The fraction of sp³-hybridized carbons (Fsp3) is 0.250. The molecule has 3 aromatic rings. The number of aromatic nitrogens is 4. The van der Waals surface area contributed by atoms with Gasteiger partial charge >= 0.3 is 0 Å². The molecule has 2 aromatic heterocycles. The SMILES string of the molecule is COCCc1noc(-c2n[nH]c3ccccc23)n1. The molecule has 92 valence electrons. The van der Waals surface area contributed by atoms with Gasteiger partial charge in [0.15, 0.2) is 11.5 Å². The van der Waals surface area contributed by atoms with Gasteiger partial charge in [0.25, 0.3) is 5.89 Å². The van der Waals surface area contributed by atoms with Crippen molar-refractivity contribution in [2.24, 2.45) is 0 Å². The van der Waals surface area contributed by atoms with Gasteiger partial charge in [-0.3, -0.25) is 5.10 Å². The second-order valence-corrected chi connectivity index (χ2v) is 3.88. The highest BCUT2D eigenvalue weighted by Gasteiger charge is 2.14. The van der Waals surface area contributed by atoms with Crippen molar-refractivity contribution in [3.63, 3.8) is 0 Å². The number of methoxy groups -OCH3 is 1. The van der Waals surface area contributed by atoms with Crippen LogP contribution in [0.4, 0.5) is 0 Å². The minimum Gasteiger partial charge on any atom is -0.384 e. The summed E-state index contributed by atoms with van der Waals surface area (Å²) >= 11 is 0. The first kappa shape index (κ1) is 10.9. The van der Waals surface area contributed by atoms with Crippen molar-refractivity contribution < 1.29 is 9.26 Å². The number of fused-ring (bicyclic) bond motifs is 1. The molecule has 6 heteroatoms. The third-order valence-electron chi connectivity index (χ3n) is 2.67. The van der Waals surface area contributed by atoms with Crippen molar-refractivity contribution in [3.8, 4) is 11.6 Å². The van der Waals surface area contributed by atoms with Gasteiger partial charge in [0.05, 0.1) is 12.1 Å². The minimum atomic E-state index is 0.429. The van der Waals surface area contributed by atoms with Gasteiger partial charge < -0.3 is 9.26 Å². The summed E-state index contributed by atoms with van der Waals surface area (Å²) in [5, 5.41) is 12.0. The predicted octanol–water partition coefficient (Wildman–Crippen LogP) is 1.80. The van der Waals surface area contributed by atoms with Gasteiger partial charge in [-0.15, -0.1) is 0 Å². The summed E-state index contributed by atoms with van der Waals surface area (Å²) in [4.78, 5) is 4.30. The van der Waals surface area contributed by atoms with Gasteiger partial charge in [0.2, 0.25) is 0 Å². The standard InChI is InChI=1S/C12H12N4O2/c1-17-7-6-10-13-12(18-16-10)11-8-4-2-3-5-9(8)14-15-11/h2-5H,6-7H2,1H3,(H,14,15). The molecular weight excluding hydrogens is 232 g/mol. The Kier molecular flexibility index (Phi) is 2.77. The van der Waals surface area contributed by atoms with E-state index in [0.717, 1.165) is 10.9 Å². The first-order valence-corrected chi connectivity index (χ1v) is 5.63. The summed E-state index contributed by atoms with van der Waals surface area (Å²) < 4.78 is 10.2. The summed E-state index contributed by atoms with van der Waals surface area (Å²) in [5.41, 5.74) is 1.63. The second kappa shape index (κ2) is 4.58. The Labute approximate surface area is 103 Å². The molecule has 0 spiro atoms. The normalized spacial score (nSPS) is 11.2. The van der Waals surface area contributed by atoms with Crippen molar-refractivity contribution in [1.29, 1.82) is 0 Å². The van der Waals surface area contributed by atoms with Crippen LogP contribution < -0.4 is 0 Å². The van der Waals surface area contributed by atoms with Gasteiger partial charge in [-0.2, -0.15) is 10.1 Å². The zero-order chi connectivity index (χ0) is 12.4. The summed E-state index contributed by atoms with van der Waals surface area (Å²) in [6.07, 6.45) is 0.627. The van der Waals surface area contributed by atoms with Crippen LogP contribution in [0, 0.1) is 0 Å². The molecule has 0 bridgehead atoms. The fourth-order valence-corrected chi connectivity index (χ4v) is 1.77. The topological polar surface area (TPSA) is 76.8 Å². The van der Waals surface area contributed by atoms with E-state index in [1.807, 2.05) is 24.3 Å². The number of H-pyrrole nitrogens is 1. The number of nitrogens with one attached hydrogen (secondary N) is 1. The van der Waals surface area contributed by atoms with Crippen molar-refractivity contribution in [2.45, 2.75) is 6.42 Å². The Morgan fingerprint density at radius 3 is 3.11 bits per heavy atom. The molecule has 0 aliphatic rings. The molecule has 0 aliphatic carbocycles. The molecule has 0 saturated carbocycles. The molecule has 18 heavy (non-hydrogen) atoms. The Bertz CT molecular complexity index is 659.